The summed E-state index contributed by atoms with van der Waals surface area (Å²) in [6.45, 7) is 0. The summed E-state index contributed by atoms with van der Waals surface area (Å²) >= 11 is 0. The third kappa shape index (κ3) is 4.89. The van der Waals surface area contributed by atoms with Crippen LogP contribution in [0.5, 0.6) is 0 Å². The quantitative estimate of drug-likeness (QED) is 0.335. The molecule has 0 N–H and O–H groups in total. The van der Waals surface area contributed by atoms with E-state index in [1.54, 1.807) is 0 Å². The molecule has 5 heteroatoms. The molecule has 0 saturated carbocycles. The van der Waals surface area contributed by atoms with Gasteiger partial charge in [-0.25, -0.2) is 0 Å². The number of nitroso groups, excluding NO2 is 1. The molecule has 0 saturated heterocycles. The Hall–Kier alpha value is 0.890. The van der Waals surface area contributed by atoms with E-state index in [0.29, 0.717) is 6.29 Å². The summed E-state index contributed by atoms with van der Waals surface area (Å²) < 4.78 is 0. The van der Waals surface area contributed by atoms with Gasteiger partial charge >= 0.3 is 0 Å². The molecule has 0 radical (unpaired) electrons. The molecule has 2 atom stereocenters. The fourth-order valence-corrected chi connectivity index (χ4v) is 1.36. The molecule has 0 spiro atoms. The fraction of sp³-hybridized carbons (Fsp3) is 1.00. The number of hydrogen-bond donors (Lipinski definition) is 0. The van der Waals surface area contributed by atoms with E-state index in [9.17, 15) is 4.91 Å². The molecule has 36 valence electrons. The minimum absolute atomic E-state index is 0.446. The highest BCUT2D eigenvalue weighted by Crippen LogP contribution is 2.42. The van der Waals surface area contributed by atoms with Crippen LogP contribution in [0.4, 0.5) is 0 Å². The molecule has 0 aromatic rings. The smallest absolute Gasteiger partial charge is 0.0422 e. The van der Waals surface area contributed by atoms with Crippen molar-refractivity contribution in [1.29, 1.82) is 0 Å². The molecule has 0 aromatic carbocycles. The van der Waals surface area contributed by atoms with Crippen molar-refractivity contribution in [2.45, 2.75) is 0 Å². The molecular formula is CH5NOP3-. The van der Waals surface area contributed by atoms with E-state index < -0.39 is 0 Å². The second-order valence-electron chi connectivity index (χ2n) is 0.558. The van der Waals surface area contributed by atoms with Crippen LogP contribution in [-0.2, 0) is 0 Å². The molecule has 0 amide bonds. The van der Waals surface area contributed by atoms with Crippen molar-refractivity contribution in [1.82, 2.24) is 0 Å². The van der Waals surface area contributed by atoms with Gasteiger partial charge in [0, 0.05) is 0 Å². The molecule has 0 aromatic heterocycles. The van der Waals surface area contributed by atoms with E-state index in [2.05, 4.69) is 14.1 Å². The Kier molecular flexibility index (Phi) is 6.76. The highest BCUT2D eigenvalue weighted by molar-refractivity contribution is 8.38. The van der Waals surface area contributed by atoms with Crippen LogP contribution < -0.4 is 0 Å². The lowest BCUT2D eigenvalue weighted by Gasteiger charge is -2.02. The van der Waals surface area contributed by atoms with Gasteiger partial charge in [-0.05, 0) is 6.29 Å². The maximum atomic E-state index is 9.30. The van der Waals surface area contributed by atoms with Crippen LogP contribution in [0.2, 0.25) is 0 Å². The van der Waals surface area contributed by atoms with E-state index in [1.807, 2.05) is 0 Å². The summed E-state index contributed by atoms with van der Waals surface area (Å²) in [7, 11) is 4.43. The van der Waals surface area contributed by atoms with Gasteiger partial charge in [0.2, 0.25) is 0 Å². The van der Waals surface area contributed by atoms with Crippen molar-refractivity contribution >= 4 is 25.2 Å². The maximum Gasteiger partial charge on any atom is -0.0422 e. The van der Waals surface area contributed by atoms with Crippen LogP contribution in [0.25, 0.3) is 0 Å². The van der Waals surface area contributed by atoms with Crippen LogP contribution in [0.1, 0.15) is 0 Å². The summed E-state index contributed by atoms with van der Waals surface area (Å²) in [6.07, 6.45) is 0.446. The fourth-order valence-electron chi connectivity index (χ4n) is 0.0697. The second-order valence-corrected chi connectivity index (χ2v) is 5.46. The standard InChI is InChI=1S/CH5NOP3/c3-2-1-5-6-4/h6H,1,4H2/q-1. The average Bonchev–Trinajstić information content (AvgIpc) is 1.61. The summed E-state index contributed by atoms with van der Waals surface area (Å²) in [6, 6.07) is 0. The zero-order valence-electron chi connectivity index (χ0n) is 3.09. The van der Waals surface area contributed by atoms with Crippen molar-refractivity contribution < 1.29 is 0 Å². The highest BCUT2D eigenvalue weighted by Gasteiger charge is 1.54. The largest absolute Gasteiger partial charge is 0.479 e. The third-order valence-electron chi connectivity index (χ3n) is 0.220. The predicted molar refractivity (Wildman–Crippen MR) is 35.6 cm³/mol. The topological polar surface area (TPSA) is 29.4 Å². The van der Waals surface area contributed by atoms with Crippen LogP contribution in [0, 0.1) is 4.91 Å². The van der Waals surface area contributed by atoms with E-state index in [4.69, 9.17) is 0 Å². The molecule has 0 aliphatic carbocycles. The van der Waals surface area contributed by atoms with E-state index in [1.165, 1.54) is 0 Å². The third-order valence-corrected chi connectivity index (χ3v) is 3.27. The summed E-state index contributed by atoms with van der Waals surface area (Å²) in [5.74, 6) is 0. The summed E-state index contributed by atoms with van der Waals surface area (Å²) in [5, 5.41) is 2.66. The molecule has 0 rings (SSSR count). The summed E-state index contributed by atoms with van der Waals surface area (Å²) in [5.41, 5.74) is 0. The first kappa shape index (κ1) is 6.89. The lowest BCUT2D eigenvalue weighted by Crippen LogP contribution is -1.49. The predicted octanol–water partition coefficient (Wildman–Crippen LogP) is 2.04. The Morgan fingerprint density at radius 1 is 2.00 bits per heavy atom. The molecule has 0 aliphatic heterocycles. The van der Waals surface area contributed by atoms with Gasteiger partial charge in [-0.2, -0.15) is 4.91 Å². The Bertz CT molecular complexity index is 39.8. The first-order valence-corrected chi connectivity index (χ1v) is 6.06. The zero-order chi connectivity index (χ0) is 4.83. The van der Waals surface area contributed by atoms with Crippen molar-refractivity contribution in [2.24, 2.45) is 5.18 Å². The van der Waals surface area contributed by atoms with Gasteiger partial charge in [-0.3, -0.25) is 7.96 Å². The Balaban J connectivity index is 2.49. The van der Waals surface area contributed by atoms with Crippen molar-refractivity contribution in [3.05, 3.63) is 4.91 Å². The average molecular weight is 140 g/mol. The number of rotatable bonds is 3. The van der Waals surface area contributed by atoms with Gasteiger partial charge in [0.15, 0.2) is 0 Å². The Morgan fingerprint density at radius 3 is 2.83 bits per heavy atom. The van der Waals surface area contributed by atoms with Gasteiger partial charge in [-0.1, -0.05) is 0 Å². The highest BCUT2D eigenvalue weighted by atomic mass is 32.4. The van der Waals surface area contributed by atoms with Crippen LogP contribution in [0.3, 0.4) is 0 Å². The van der Waals surface area contributed by atoms with Gasteiger partial charge in [0.25, 0.3) is 0 Å². The van der Waals surface area contributed by atoms with Gasteiger partial charge in [-0.15, -0.1) is 14.1 Å². The number of hydrogen-bond acceptors (Lipinski definition) is 2. The van der Waals surface area contributed by atoms with Crippen molar-refractivity contribution in [3.63, 3.8) is 0 Å². The van der Waals surface area contributed by atoms with Crippen molar-refractivity contribution in [3.8, 4) is 0 Å². The summed E-state index contributed by atoms with van der Waals surface area (Å²) in [4.78, 5) is 9.30. The van der Waals surface area contributed by atoms with Crippen LogP contribution >= 0.6 is 25.2 Å². The zero-order valence-corrected chi connectivity index (χ0v) is 6.14. The maximum absolute atomic E-state index is 9.30. The SMILES string of the molecule is O=NC[P-]PP. The van der Waals surface area contributed by atoms with E-state index in [-0.39, 0.29) is 0 Å². The molecule has 6 heavy (non-hydrogen) atoms. The van der Waals surface area contributed by atoms with Crippen LogP contribution in [-0.4, -0.2) is 6.29 Å². The molecule has 2 nitrogen and oxygen atoms in total. The lowest BCUT2D eigenvalue weighted by atomic mass is 11.5. The molecule has 0 bridgehead atoms. The van der Waals surface area contributed by atoms with Crippen LogP contribution in [0.15, 0.2) is 5.18 Å². The molecule has 0 heterocycles. The molecular weight excluding hydrogens is 135 g/mol. The Labute approximate surface area is 42.4 Å². The van der Waals surface area contributed by atoms with Gasteiger partial charge < -0.3 is 8.27 Å². The monoisotopic (exact) mass is 140 g/mol. The normalized spacial score (nSPS) is 12.2. The Morgan fingerprint density at radius 2 is 2.67 bits per heavy atom. The van der Waals surface area contributed by atoms with Gasteiger partial charge in [0.1, 0.15) is 0 Å². The first-order valence-electron chi connectivity index (χ1n) is 1.33. The minimum Gasteiger partial charge on any atom is -0.479 e. The minimum atomic E-state index is 0.446. The molecule has 0 aliphatic rings. The number of nitrogens with zero attached hydrogens (tertiary/aromatic N) is 1. The van der Waals surface area contributed by atoms with E-state index in [0.717, 1.165) is 16.2 Å². The van der Waals surface area contributed by atoms with Crippen molar-refractivity contribution in [2.75, 3.05) is 6.29 Å². The van der Waals surface area contributed by atoms with Gasteiger partial charge in [0.05, 0.1) is 0 Å². The second kappa shape index (κ2) is 5.89. The first-order chi connectivity index (χ1) is 2.91. The molecule has 2 unspecified atom stereocenters. The lowest BCUT2D eigenvalue weighted by molar-refractivity contribution is 1.36. The molecule has 0 fully saturated rings. The van der Waals surface area contributed by atoms with E-state index >= 15 is 0 Å².